The Hall–Kier alpha value is -1.26. The predicted octanol–water partition coefficient (Wildman–Crippen LogP) is 1.06. The molecule has 1 aromatic carbocycles. The number of nitrogens with zero attached hydrogens (tertiary/aromatic N) is 1. The van der Waals surface area contributed by atoms with Gasteiger partial charge in [0, 0.05) is 12.5 Å². The molecule has 2 rings (SSSR count). The van der Waals surface area contributed by atoms with Gasteiger partial charge in [0.05, 0.1) is 18.9 Å². The average molecular weight is 236 g/mol. The summed E-state index contributed by atoms with van der Waals surface area (Å²) < 4.78 is 5.22. The van der Waals surface area contributed by atoms with Crippen molar-refractivity contribution in [3.05, 3.63) is 23.8 Å². The minimum atomic E-state index is -0.318. The number of ether oxygens (including phenoxy) is 1. The van der Waals surface area contributed by atoms with Crippen LogP contribution in [0.15, 0.2) is 18.2 Å². The average Bonchev–Trinajstić information content (AvgIpc) is 2.30. The molecule has 0 radical (unpaired) electrons. The summed E-state index contributed by atoms with van der Waals surface area (Å²) in [5, 5.41) is 10.1. The molecule has 1 aliphatic rings. The van der Waals surface area contributed by atoms with Crippen LogP contribution in [0.3, 0.4) is 0 Å². The number of nitrogen functional groups attached to an aromatic ring is 1. The molecule has 4 heteroatoms. The van der Waals surface area contributed by atoms with Gasteiger partial charge in [-0.25, -0.2) is 0 Å². The van der Waals surface area contributed by atoms with Crippen LogP contribution >= 0.6 is 0 Å². The van der Waals surface area contributed by atoms with Crippen molar-refractivity contribution < 1.29 is 9.84 Å². The predicted molar refractivity (Wildman–Crippen MR) is 68.3 cm³/mol. The van der Waals surface area contributed by atoms with Crippen LogP contribution in [-0.2, 0) is 0 Å². The van der Waals surface area contributed by atoms with Gasteiger partial charge in [-0.3, -0.25) is 0 Å². The maximum atomic E-state index is 10.1. The number of aliphatic hydroxyl groups excluding tert-OH is 1. The van der Waals surface area contributed by atoms with Crippen molar-refractivity contribution in [1.82, 2.24) is 4.90 Å². The number of β-amino-alcohol motifs (C(OH)–C–C–N with tert-alkyl or cyclic N) is 1. The third-order valence-corrected chi connectivity index (χ3v) is 3.47. The molecule has 94 valence electrons. The summed E-state index contributed by atoms with van der Waals surface area (Å²) in [5.74, 6) is 0.870. The van der Waals surface area contributed by atoms with Crippen LogP contribution in [0.1, 0.15) is 17.9 Å². The first-order chi connectivity index (χ1) is 8.11. The summed E-state index contributed by atoms with van der Waals surface area (Å²) in [5.41, 5.74) is 7.54. The van der Waals surface area contributed by atoms with E-state index in [9.17, 15) is 5.11 Å². The zero-order valence-corrected chi connectivity index (χ0v) is 10.4. The highest BCUT2D eigenvalue weighted by Gasteiger charge is 2.27. The van der Waals surface area contributed by atoms with Crippen molar-refractivity contribution in [3.8, 4) is 5.75 Å². The van der Waals surface area contributed by atoms with Gasteiger partial charge in [-0.15, -0.1) is 0 Å². The van der Waals surface area contributed by atoms with Gasteiger partial charge in [-0.1, -0.05) is 6.07 Å². The third kappa shape index (κ3) is 2.53. The quantitative estimate of drug-likeness (QED) is 0.754. The van der Waals surface area contributed by atoms with E-state index in [-0.39, 0.29) is 12.0 Å². The molecule has 0 amide bonds. The summed E-state index contributed by atoms with van der Waals surface area (Å²) >= 11 is 0. The first-order valence-corrected chi connectivity index (χ1v) is 5.92. The van der Waals surface area contributed by atoms with Crippen LogP contribution in [0, 0.1) is 0 Å². The fourth-order valence-electron chi connectivity index (χ4n) is 2.44. The Bertz CT molecular complexity index is 395. The molecule has 3 N–H and O–H groups in total. The number of likely N-dealkylation sites (tertiary alicyclic amines) is 1. The number of aliphatic hydroxyl groups is 1. The van der Waals surface area contributed by atoms with E-state index in [0.717, 1.165) is 25.1 Å². The number of anilines is 1. The fraction of sp³-hybridized carbons (Fsp3) is 0.538. The van der Waals surface area contributed by atoms with Gasteiger partial charge in [-0.05, 0) is 37.7 Å². The van der Waals surface area contributed by atoms with Gasteiger partial charge in [-0.2, -0.15) is 0 Å². The Morgan fingerprint density at radius 2 is 2.24 bits per heavy atom. The molecule has 2 atom stereocenters. The molecule has 17 heavy (non-hydrogen) atoms. The molecule has 0 saturated carbocycles. The molecule has 0 aromatic heterocycles. The number of nitrogens with two attached hydrogens (primary N) is 1. The van der Waals surface area contributed by atoms with Crippen LogP contribution in [0.4, 0.5) is 5.69 Å². The van der Waals surface area contributed by atoms with Crippen molar-refractivity contribution >= 4 is 5.69 Å². The Labute approximate surface area is 102 Å². The van der Waals surface area contributed by atoms with Crippen molar-refractivity contribution in [2.24, 2.45) is 0 Å². The zero-order valence-electron chi connectivity index (χ0n) is 10.4. The Morgan fingerprint density at radius 3 is 2.88 bits per heavy atom. The highest BCUT2D eigenvalue weighted by molar-refractivity contribution is 5.54. The number of hydrogen-bond acceptors (Lipinski definition) is 4. The largest absolute Gasteiger partial charge is 0.495 e. The lowest BCUT2D eigenvalue weighted by Gasteiger charge is -2.34. The van der Waals surface area contributed by atoms with Crippen LogP contribution < -0.4 is 10.5 Å². The number of methoxy groups -OCH3 is 1. The zero-order chi connectivity index (χ0) is 12.4. The van der Waals surface area contributed by atoms with Gasteiger partial charge >= 0.3 is 0 Å². The summed E-state index contributed by atoms with van der Waals surface area (Å²) in [7, 11) is 3.64. The second-order valence-electron chi connectivity index (χ2n) is 4.73. The van der Waals surface area contributed by atoms with E-state index in [0.29, 0.717) is 11.4 Å². The van der Waals surface area contributed by atoms with Gasteiger partial charge in [0.15, 0.2) is 0 Å². The van der Waals surface area contributed by atoms with Crippen LogP contribution in [-0.4, -0.2) is 43.4 Å². The van der Waals surface area contributed by atoms with Gasteiger partial charge in [0.25, 0.3) is 0 Å². The first-order valence-electron chi connectivity index (χ1n) is 5.92. The van der Waals surface area contributed by atoms with Gasteiger partial charge in [0.1, 0.15) is 5.75 Å². The van der Waals surface area contributed by atoms with Crippen LogP contribution in [0.2, 0.25) is 0 Å². The number of rotatable bonds is 2. The minimum absolute atomic E-state index is 0.181. The topological polar surface area (TPSA) is 58.7 Å². The molecular weight excluding hydrogens is 216 g/mol. The molecule has 1 saturated heterocycles. The monoisotopic (exact) mass is 236 g/mol. The standard InChI is InChI=1S/C13H20N2O2/c1-15-6-5-10(12(16)8-15)9-3-4-11(14)13(7-9)17-2/h3-4,7,10,12,16H,5-6,8,14H2,1-2H3. The molecule has 0 spiro atoms. The SMILES string of the molecule is COc1cc(C2CCN(C)CC2O)ccc1N. The van der Waals surface area contributed by atoms with E-state index >= 15 is 0 Å². The van der Waals surface area contributed by atoms with E-state index in [2.05, 4.69) is 4.90 Å². The summed E-state index contributed by atoms with van der Waals surface area (Å²) in [6.07, 6.45) is 0.646. The molecule has 4 nitrogen and oxygen atoms in total. The van der Waals surface area contributed by atoms with Crippen molar-refractivity contribution in [1.29, 1.82) is 0 Å². The third-order valence-electron chi connectivity index (χ3n) is 3.47. The highest BCUT2D eigenvalue weighted by Crippen LogP contribution is 2.32. The molecule has 0 bridgehead atoms. The normalized spacial score (nSPS) is 25.8. The van der Waals surface area contributed by atoms with E-state index in [1.54, 1.807) is 7.11 Å². The lowest BCUT2D eigenvalue weighted by molar-refractivity contribution is 0.0637. The van der Waals surface area contributed by atoms with Gasteiger partial charge in [0.2, 0.25) is 0 Å². The number of piperidine rings is 1. The maximum absolute atomic E-state index is 10.1. The Kier molecular flexibility index (Phi) is 3.54. The Balaban J connectivity index is 2.22. The van der Waals surface area contributed by atoms with E-state index < -0.39 is 0 Å². The fourth-order valence-corrected chi connectivity index (χ4v) is 2.44. The molecule has 1 fully saturated rings. The number of likely N-dealkylation sites (N-methyl/N-ethyl adjacent to an activating group) is 1. The summed E-state index contributed by atoms with van der Waals surface area (Å²) in [4.78, 5) is 2.15. The smallest absolute Gasteiger partial charge is 0.142 e. The molecule has 2 unspecified atom stereocenters. The number of benzene rings is 1. The summed E-state index contributed by atoms with van der Waals surface area (Å²) in [6, 6.07) is 5.77. The molecular formula is C13H20N2O2. The molecule has 1 heterocycles. The Morgan fingerprint density at radius 1 is 1.47 bits per heavy atom. The van der Waals surface area contributed by atoms with Crippen LogP contribution in [0.5, 0.6) is 5.75 Å². The maximum Gasteiger partial charge on any atom is 0.142 e. The van der Waals surface area contributed by atoms with Crippen LogP contribution in [0.25, 0.3) is 0 Å². The molecule has 1 aromatic rings. The van der Waals surface area contributed by atoms with E-state index in [4.69, 9.17) is 10.5 Å². The minimum Gasteiger partial charge on any atom is -0.495 e. The highest BCUT2D eigenvalue weighted by atomic mass is 16.5. The lowest BCUT2D eigenvalue weighted by Crippen LogP contribution is -2.40. The summed E-state index contributed by atoms with van der Waals surface area (Å²) in [6.45, 7) is 1.73. The lowest BCUT2D eigenvalue weighted by atomic mass is 9.87. The molecule has 1 aliphatic heterocycles. The van der Waals surface area contributed by atoms with Gasteiger partial charge < -0.3 is 20.5 Å². The second-order valence-corrected chi connectivity index (χ2v) is 4.73. The molecule has 0 aliphatic carbocycles. The van der Waals surface area contributed by atoms with E-state index in [1.165, 1.54) is 0 Å². The first kappa shape index (κ1) is 12.2. The van der Waals surface area contributed by atoms with Crippen molar-refractivity contribution in [2.75, 3.05) is 33.0 Å². The van der Waals surface area contributed by atoms with E-state index in [1.807, 2.05) is 25.2 Å². The second kappa shape index (κ2) is 4.94. The number of hydrogen-bond donors (Lipinski definition) is 2. The van der Waals surface area contributed by atoms with Crippen molar-refractivity contribution in [3.63, 3.8) is 0 Å². The van der Waals surface area contributed by atoms with Crippen molar-refractivity contribution in [2.45, 2.75) is 18.4 Å².